The van der Waals surface area contributed by atoms with Crippen molar-refractivity contribution in [3.8, 4) is 11.5 Å². The maximum atomic E-state index is 6.19. The Labute approximate surface area is 126 Å². The van der Waals surface area contributed by atoms with E-state index in [1.54, 1.807) is 7.11 Å². The molecule has 0 aliphatic heterocycles. The van der Waals surface area contributed by atoms with Gasteiger partial charge >= 0.3 is 0 Å². The molecule has 0 radical (unpaired) electrons. The zero-order valence-electron chi connectivity index (χ0n) is 12.9. The monoisotopic (exact) mass is 285 g/mol. The maximum Gasteiger partial charge on any atom is 0.122 e. The second-order valence-corrected chi connectivity index (χ2v) is 5.38. The van der Waals surface area contributed by atoms with E-state index in [0.29, 0.717) is 12.5 Å². The summed E-state index contributed by atoms with van der Waals surface area (Å²) in [5, 5.41) is 0. The van der Waals surface area contributed by atoms with Crippen LogP contribution in [0.2, 0.25) is 0 Å². The number of hydrogen-bond acceptors (Lipinski definition) is 3. The highest BCUT2D eigenvalue weighted by Gasteiger charge is 2.10. The van der Waals surface area contributed by atoms with Crippen LogP contribution >= 0.6 is 0 Å². The molecule has 2 N–H and O–H groups in total. The fourth-order valence-corrected chi connectivity index (χ4v) is 2.22. The Kier molecular flexibility index (Phi) is 5.23. The van der Waals surface area contributed by atoms with E-state index in [1.165, 1.54) is 5.56 Å². The van der Waals surface area contributed by atoms with Gasteiger partial charge in [0.15, 0.2) is 0 Å². The van der Waals surface area contributed by atoms with Gasteiger partial charge in [-0.25, -0.2) is 0 Å². The third kappa shape index (κ3) is 3.99. The molecule has 0 amide bonds. The minimum Gasteiger partial charge on any atom is -0.497 e. The Morgan fingerprint density at radius 3 is 2.29 bits per heavy atom. The van der Waals surface area contributed by atoms with E-state index in [9.17, 15) is 0 Å². The van der Waals surface area contributed by atoms with Gasteiger partial charge in [0.05, 0.1) is 13.2 Å². The van der Waals surface area contributed by atoms with Crippen LogP contribution in [0.15, 0.2) is 48.5 Å². The van der Waals surface area contributed by atoms with Crippen molar-refractivity contribution in [2.24, 2.45) is 5.73 Å². The van der Waals surface area contributed by atoms with Crippen molar-refractivity contribution in [1.29, 1.82) is 0 Å². The van der Waals surface area contributed by atoms with Crippen molar-refractivity contribution >= 4 is 0 Å². The first-order valence-corrected chi connectivity index (χ1v) is 7.23. The van der Waals surface area contributed by atoms with Gasteiger partial charge in [0.2, 0.25) is 0 Å². The predicted octanol–water partition coefficient (Wildman–Crippen LogP) is 3.90. The average molecular weight is 285 g/mol. The summed E-state index contributed by atoms with van der Waals surface area (Å²) >= 11 is 0. The molecule has 2 rings (SSSR count). The Hall–Kier alpha value is -2.00. The van der Waals surface area contributed by atoms with Crippen molar-refractivity contribution in [2.75, 3.05) is 13.7 Å². The number of hydrogen-bond donors (Lipinski definition) is 1. The van der Waals surface area contributed by atoms with E-state index in [4.69, 9.17) is 15.2 Å². The molecule has 112 valence electrons. The number of para-hydroxylation sites is 1. The summed E-state index contributed by atoms with van der Waals surface area (Å²) in [5.74, 6) is 2.17. The second kappa shape index (κ2) is 7.14. The Bertz CT molecular complexity index is 564. The molecule has 0 saturated carbocycles. The van der Waals surface area contributed by atoms with Crippen LogP contribution in [0.3, 0.4) is 0 Å². The van der Waals surface area contributed by atoms with E-state index >= 15 is 0 Å². The molecule has 0 spiro atoms. The second-order valence-electron chi connectivity index (χ2n) is 5.38. The van der Waals surface area contributed by atoms with Gasteiger partial charge in [-0.15, -0.1) is 0 Å². The lowest BCUT2D eigenvalue weighted by atomic mass is 10.0. The van der Waals surface area contributed by atoms with Crippen molar-refractivity contribution in [3.05, 3.63) is 59.7 Å². The Morgan fingerprint density at radius 2 is 1.67 bits per heavy atom. The highest BCUT2D eigenvalue weighted by atomic mass is 16.5. The van der Waals surface area contributed by atoms with Crippen LogP contribution in [0, 0.1) is 0 Å². The predicted molar refractivity (Wildman–Crippen MR) is 85.9 cm³/mol. The van der Waals surface area contributed by atoms with Crippen LogP contribution in [0.5, 0.6) is 11.5 Å². The first kappa shape index (κ1) is 15.4. The number of ether oxygens (including phenoxy) is 2. The molecule has 1 atom stereocenters. The minimum absolute atomic E-state index is 0.156. The normalized spacial score (nSPS) is 12.2. The van der Waals surface area contributed by atoms with Gasteiger partial charge in [0.1, 0.15) is 18.1 Å². The molecule has 0 saturated heterocycles. The lowest BCUT2D eigenvalue weighted by Crippen LogP contribution is -2.19. The number of rotatable bonds is 6. The van der Waals surface area contributed by atoms with Gasteiger partial charge in [-0.05, 0) is 35.2 Å². The summed E-state index contributed by atoms with van der Waals surface area (Å²) in [5.41, 5.74) is 8.44. The van der Waals surface area contributed by atoms with Gasteiger partial charge in [0, 0.05) is 0 Å². The Balaban J connectivity index is 2.02. The zero-order chi connectivity index (χ0) is 15.2. The van der Waals surface area contributed by atoms with Crippen LogP contribution in [-0.2, 0) is 0 Å². The van der Waals surface area contributed by atoms with Crippen molar-refractivity contribution in [2.45, 2.75) is 25.8 Å². The lowest BCUT2D eigenvalue weighted by Gasteiger charge is -2.17. The fourth-order valence-electron chi connectivity index (χ4n) is 2.22. The largest absolute Gasteiger partial charge is 0.497 e. The summed E-state index contributed by atoms with van der Waals surface area (Å²) in [6.45, 7) is 4.77. The van der Waals surface area contributed by atoms with Crippen LogP contribution < -0.4 is 15.2 Å². The van der Waals surface area contributed by atoms with E-state index in [-0.39, 0.29) is 6.04 Å². The van der Waals surface area contributed by atoms with E-state index in [2.05, 4.69) is 19.9 Å². The zero-order valence-corrected chi connectivity index (χ0v) is 12.9. The summed E-state index contributed by atoms with van der Waals surface area (Å²) in [7, 11) is 1.65. The molecule has 0 aliphatic carbocycles. The Morgan fingerprint density at radius 1 is 1.00 bits per heavy atom. The molecule has 2 aromatic rings. The molecule has 3 nitrogen and oxygen atoms in total. The number of nitrogens with two attached hydrogens (primary N) is 1. The molecule has 0 aromatic heterocycles. The van der Waals surface area contributed by atoms with Crippen molar-refractivity contribution < 1.29 is 9.47 Å². The van der Waals surface area contributed by atoms with E-state index < -0.39 is 0 Å². The summed E-state index contributed by atoms with van der Waals surface area (Å²) < 4.78 is 11.1. The first-order valence-electron chi connectivity index (χ1n) is 7.23. The number of benzene rings is 2. The van der Waals surface area contributed by atoms with E-state index in [0.717, 1.165) is 17.1 Å². The third-order valence-electron chi connectivity index (χ3n) is 3.50. The molecule has 2 aromatic carbocycles. The van der Waals surface area contributed by atoms with Gasteiger partial charge in [-0.1, -0.05) is 44.2 Å². The fraction of sp³-hybridized carbons (Fsp3) is 0.333. The molecule has 0 fully saturated rings. The van der Waals surface area contributed by atoms with Crippen molar-refractivity contribution in [1.82, 2.24) is 0 Å². The SMILES string of the molecule is COc1ccc(C(N)COc2ccccc2C(C)C)cc1. The quantitative estimate of drug-likeness (QED) is 0.875. The molecule has 0 aliphatic rings. The molecular weight excluding hydrogens is 262 g/mol. The average Bonchev–Trinajstić information content (AvgIpc) is 2.52. The molecule has 21 heavy (non-hydrogen) atoms. The van der Waals surface area contributed by atoms with Crippen LogP contribution in [0.25, 0.3) is 0 Å². The molecule has 1 unspecified atom stereocenters. The van der Waals surface area contributed by atoms with Gasteiger partial charge in [0.25, 0.3) is 0 Å². The van der Waals surface area contributed by atoms with Crippen LogP contribution in [-0.4, -0.2) is 13.7 Å². The third-order valence-corrected chi connectivity index (χ3v) is 3.50. The molecular formula is C18H23NO2. The lowest BCUT2D eigenvalue weighted by molar-refractivity contribution is 0.287. The first-order chi connectivity index (χ1) is 10.1. The summed E-state index contributed by atoms with van der Waals surface area (Å²) in [6, 6.07) is 15.7. The maximum absolute atomic E-state index is 6.19. The highest BCUT2D eigenvalue weighted by molar-refractivity contribution is 5.36. The smallest absolute Gasteiger partial charge is 0.122 e. The standard InChI is InChI=1S/C18H23NO2/c1-13(2)16-6-4-5-7-18(16)21-12-17(19)14-8-10-15(20-3)11-9-14/h4-11,13,17H,12,19H2,1-3H3. The molecule has 3 heteroatoms. The summed E-state index contributed by atoms with van der Waals surface area (Å²) in [6.07, 6.45) is 0. The van der Waals surface area contributed by atoms with E-state index in [1.807, 2.05) is 42.5 Å². The van der Waals surface area contributed by atoms with Crippen LogP contribution in [0.4, 0.5) is 0 Å². The highest BCUT2D eigenvalue weighted by Crippen LogP contribution is 2.26. The minimum atomic E-state index is -0.156. The van der Waals surface area contributed by atoms with Gasteiger partial charge in [-0.3, -0.25) is 0 Å². The van der Waals surface area contributed by atoms with Gasteiger partial charge in [-0.2, -0.15) is 0 Å². The van der Waals surface area contributed by atoms with Crippen molar-refractivity contribution in [3.63, 3.8) is 0 Å². The molecule has 0 heterocycles. The van der Waals surface area contributed by atoms with Gasteiger partial charge < -0.3 is 15.2 Å². The molecule has 0 bridgehead atoms. The number of methoxy groups -OCH3 is 1. The summed E-state index contributed by atoms with van der Waals surface area (Å²) in [4.78, 5) is 0. The topological polar surface area (TPSA) is 44.5 Å². The van der Waals surface area contributed by atoms with Crippen LogP contribution in [0.1, 0.15) is 36.9 Å².